The highest BCUT2D eigenvalue weighted by Gasteiger charge is 2.27. The zero-order valence-corrected chi connectivity index (χ0v) is 12.9. The van der Waals surface area contributed by atoms with E-state index in [1.165, 1.54) is 19.3 Å². The van der Waals surface area contributed by atoms with Gasteiger partial charge < -0.3 is 5.32 Å². The Morgan fingerprint density at radius 3 is 2.84 bits per heavy atom. The van der Waals surface area contributed by atoms with Gasteiger partial charge in [0.25, 0.3) is 0 Å². The van der Waals surface area contributed by atoms with Crippen molar-refractivity contribution in [3.8, 4) is 0 Å². The van der Waals surface area contributed by atoms with Crippen molar-refractivity contribution in [1.29, 1.82) is 0 Å². The van der Waals surface area contributed by atoms with Gasteiger partial charge in [0.2, 0.25) is 0 Å². The van der Waals surface area contributed by atoms with Crippen molar-refractivity contribution in [1.82, 2.24) is 9.97 Å². The third-order valence-corrected chi connectivity index (χ3v) is 4.45. The largest absolute Gasteiger partial charge is 0.367 e. The number of nitrogens with one attached hydrogen (secondary N) is 1. The van der Waals surface area contributed by atoms with Crippen molar-refractivity contribution in [3.63, 3.8) is 0 Å². The third-order valence-electron chi connectivity index (χ3n) is 4.25. The first-order chi connectivity index (χ1) is 9.10. The van der Waals surface area contributed by atoms with Crippen LogP contribution >= 0.6 is 11.6 Å². The Balaban J connectivity index is 2.09. The summed E-state index contributed by atoms with van der Waals surface area (Å²) in [6.45, 7) is 6.80. The molecule has 106 valence electrons. The third kappa shape index (κ3) is 3.82. The Morgan fingerprint density at radius 2 is 2.11 bits per heavy atom. The van der Waals surface area contributed by atoms with Crippen molar-refractivity contribution in [2.45, 2.75) is 58.9 Å². The number of aromatic nitrogens is 2. The van der Waals surface area contributed by atoms with Crippen molar-refractivity contribution in [2.75, 3.05) is 5.32 Å². The smallest absolute Gasteiger partial charge is 0.134 e. The fourth-order valence-corrected chi connectivity index (χ4v) is 3.05. The molecule has 1 fully saturated rings. The number of aryl methyl sites for hydroxylation is 1. The van der Waals surface area contributed by atoms with Gasteiger partial charge in [-0.2, -0.15) is 0 Å². The molecule has 1 heterocycles. The average Bonchev–Trinajstić information content (AvgIpc) is 2.35. The van der Waals surface area contributed by atoms with Gasteiger partial charge >= 0.3 is 0 Å². The molecule has 0 amide bonds. The topological polar surface area (TPSA) is 37.8 Å². The summed E-state index contributed by atoms with van der Waals surface area (Å²) in [5.74, 6) is 3.18. The summed E-state index contributed by atoms with van der Waals surface area (Å²) in [4.78, 5) is 8.84. The Hall–Kier alpha value is -0.830. The van der Waals surface area contributed by atoms with Crippen LogP contribution in [0.25, 0.3) is 0 Å². The van der Waals surface area contributed by atoms with E-state index < -0.39 is 0 Å². The quantitative estimate of drug-likeness (QED) is 0.835. The number of hydrogen-bond acceptors (Lipinski definition) is 3. The molecule has 1 aromatic heterocycles. The average molecular weight is 282 g/mol. The van der Waals surface area contributed by atoms with Crippen molar-refractivity contribution < 1.29 is 0 Å². The second-order valence-corrected chi connectivity index (χ2v) is 6.15. The maximum absolute atomic E-state index is 6.08. The van der Waals surface area contributed by atoms with Gasteiger partial charge in [-0.05, 0) is 24.7 Å². The first kappa shape index (κ1) is 14.6. The maximum atomic E-state index is 6.08. The predicted octanol–water partition coefficient (Wildman–Crippen LogP) is 4.32. The van der Waals surface area contributed by atoms with Crippen LogP contribution in [0.15, 0.2) is 6.07 Å². The van der Waals surface area contributed by atoms with Crippen LogP contribution in [-0.4, -0.2) is 16.0 Å². The Morgan fingerprint density at radius 1 is 1.32 bits per heavy atom. The fourth-order valence-electron chi connectivity index (χ4n) is 2.85. The van der Waals surface area contributed by atoms with E-state index >= 15 is 0 Å². The van der Waals surface area contributed by atoms with E-state index in [0.29, 0.717) is 17.1 Å². The van der Waals surface area contributed by atoms with E-state index in [1.807, 2.05) is 6.07 Å². The lowest BCUT2D eigenvalue weighted by Crippen LogP contribution is -2.35. The van der Waals surface area contributed by atoms with Crippen molar-refractivity contribution >= 4 is 17.4 Å². The van der Waals surface area contributed by atoms with E-state index in [-0.39, 0.29) is 0 Å². The van der Waals surface area contributed by atoms with Gasteiger partial charge in [0.1, 0.15) is 16.8 Å². The van der Waals surface area contributed by atoms with Crippen LogP contribution in [0.2, 0.25) is 5.15 Å². The van der Waals surface area contributed by atoms with Gasteiger partial charge in [-0.25, -0.2) is 9.97 Å². The maximum Gasteiger partial charge on any atom is 0.134 e. The second-order valence-electron chi connectivity index (χ2n) is 5.76. The molecule has 4 heteroatoms. The summed E-state index contributed by atoms with van der Waals surface area (Å²) in [6, 6.07) is 2.34. The molecule has 1 aromatic rings. The number of rotatable bonds is 4. The molecule has 1 aliphatic rings. The molecule has 1 saturated carbocycles. The highest BCUT2D eigenvalue weighted by Crippen LogP contribution is 2.31. The normalized spacial score (nSPS) is 27.3. The highest BCUT2D eigenvalue weighted by atomic mass is 35.5. The molecular formula is C15H24ClN3. The van der Waals surface area contributed by atoms with Gasteiger partial charge in [0.05, 0.1) is 0 Å². The van der Waals surface area contributed by atoms with Crippen molar-refractivity contribution in [2.24, 2.45) is 11.8 Å². The van der Waals surface area contributed by atoms with Crippen LogP contribution in [0.5, 0.6) is 0 Å². The lowest BCUT2D eigenvalue weighted by molar-refractivity contribution is 0.253. The van der Waals surface area contributed by atoms with Gasteiger partial charge in [0.15, 0.2) is 0 Å². The molecule has 19 heavy (non-hydrogen) atoms. The van der Waals surface area contributed by atoms with E-state index in [2.05, 4.69) is 36.1 Å². The molecule has 3 unspecified atom stereocenters. The molecule has 0 radical (unpaired) electrons. The first-order valence-corrected chi connectivity index (χ1v) is 7.78. The number of anilines is 1. The van der Waals surface area contributed by atoms with Crippen molar-refractivity contribution in [3.05, 3.63) is 17.0 Å². The molecule has 0 aliphatic heterocycles. The van der Waals surface area contributed by atoms with Crippen LogP contribution in [-0.2, 0) is 6.42 Å². The monoisotopic (exact) mass is 281 g/mol. The van der Waals surface area contributed by atoms with E-state index in [1.54, 1.807) is 0 Å². The predicted molar refractivity (Wildman–Crippen MR) is 80.6 cm³/mol. The lowest BCUT2D eigenvalue weighted by atomic mass is 9.78. The minimum atomic E-state index is 0.504. The first-order valence-electron chi connectivity index (χ1n) is 7.40. The Kier molecular flexibility index (Phi) is 5.03. The zero-order valence-electron chi connectivity index (χ0n) is 12.1. The molecule has 1 N–H and O–H groups in total. The summed E-state index contributed by atoms with van der Waals surface area (Å²) in [6.07, 6.45) is 5.77. The van der Waals surface area contributed by atoms with Crippen LogP contribution in [0.3, 0.4) is 0 Å². The van der Waals surface area contributed by atoms with E-state index in [4.69, 9.17) is 11.6 Å². The molecule has 2 rings (SSSR count). The summed E-state index contributed by atoms with van der Waals surface area (Å²) in [5.41, 5.74) is 0. The SMILES string of the molecule is CCCc1nc(Cl)cc(NC2CCCC(C)C2C)n1. The Bertz CT molecular complexity index is 422. The molecular weight excluding hydrogens is 258 g/mol. The van der Waals surface area contributed by atoms with Gasteiger partial charge in [-0.1, -0.05) is 45.2 Å². The standard InChI is InChI=1S/C15H24ClN3/c1-4-6-14-18-13(16)9-15(19-14)17-12-8-5-7-10(2)11(12)3/h9-12H,4-8H2,1-3H3,(H,17,18,19). The molecule has 0 spiro atoms. The fraction of sp³-hybridized carbons (Fsp3) is 0.733. The number of hydrogen-bond donors (Lipinski definition) is 1. The molecule has 1 aliphatic carbocycles. The number of nitrogens with zero attached hydrogens (tertiary/aromatic N) is 2. The summed E-state index contributed by atoms with van der Waals surface area (Å²) < 4.78 is 0. The summed E-state index contributed by atoms with van der Waals surface area (Å²) in [5, 5.41) is 4.10. The van der Waals surface area contributed by atoms with Crippen LogP contribution < -0.4 is 5.32 Å². The van der Waals surface area contributed by atoms with Gasteiger partial charge in [-0.3, -0.25) is 0 Å². The minimum absolute atomic E-state index is 0.504. The Labute approximate surface area is 121 Å². The van der Waals surface area contributed by atoms with E-state index in [0.717, 1.165) is 30.4 Å². The highest BCUT2D eigenvalue weighted by molar-refractivity contribution is 6.29. The lowest BCUT2D eigenvalue weighted by Gasteiger charge is -2.35. The second kappa shape index (κ2) is 6.56. The molecule has 0 bridgehead atoms. The minimum Gasteiger partial charge on any atom is -0.367 e. The molecule has 3 nitrogen and oxygen atoms in total. The van der Waals surface area contributed by atoms with Crippen LogP contribution in [0.4, 0.5) is 5.82 Å². The van der Waals surface area contributed by atoms with Gasteiger partial charge in [0, 0.05) is 18.5 Å². The molecule has 0 saturated heterocycles. The summed E-state index contributed by atoms with van der Waals surface area (Å²) in [7, 11) is 0. The number of halogens is 1. The molecule has 3 atom stereocenters. The zero-order chi connectivity index (χ0) is 13.8. The van der Waals surface area contributed by atoms with Crippen LogP contribution in [0, 0.1) is 11.8 Å². The van der Waals surface area contributed by atoms with Gasteiger partial charge in [-0.15, -0.1) is 0 Å². The van der Waals surface area contributed by atoms with Crippen LogP contribution in [0.1, 0.15) is 52.3 Å². The molecule has 0 aromatic carbocycles. The van der Waals surface area contributed by atoms with E-state index in [9.17, 15) is 0 Å². The summed E-state index contributed by atoms with van der Waals surface area (Å²) >= 11 is 6.08.